The van der Waals surface area contributed by atoms with E-state index in [0.29, 0.717) is 0 Å². The summed E-state index contributed by atoms with van der Waals surface area (Å²) in [6.45, 7) is 4.81. The van der Waals surface area contributed by atoms with Crippen LogP contribution in [0.2, 0.25) is 10.0 Å². The highest BCUT2D eigenvalue weighted by Crippen LogP contribution is 2.29. The van der Waals surface area contributed by atoms with Crippen LogP contribution in [0, 0.1) is 6.92 Å². The molecule has 0 fully saturated rings. The number of benzene rings is 1. The van der Waals surface area contributed by atoms with Crippen molar-refractivity contribution in [1.29, 1.82) is 0 Å². The SMILES string of the molecule is CCn1nc(C)c(Cl)c1CC(NC)c1ccccc1Cl. The molecule has 1 N–H and O–H groups in total. The van der Waals surface area contributed by atoms with Gasteiger partial charge in [0.25, 0.3) is 0 Å². The molecule has 0 spiro atoms. The largest absolute Gasteiger partial charge is 0.313 e. The van der Waals surface area contributed by atoms with Crippen molar-refractivity contribution in [2.45, 2.75) is 32.9 Å². The lowest BCUT2D eigenvalue weighted by Crippen LogP contribution is -2.21. The number of likely N-dealkylation sites (N-methyl/N-ethyl adjacent to an activating group) is 1. The van der Waals surface area contributed by atoms with Gasteiger partial charge in [0.1, 0.15) is 0 Å². The Bertz CT molecular complexity index is 593. The van der Waals surface area contributed by atoms with E-state index in [2.05, 4.69) is 17.3 Å². The van der Waals surface area contributed by atoms with Crippen LogP contribution in [0.4, 0.5) is 0 Å². The summed E-state index contributed by atoms with van der Waals surface area (Å²) in [5.74, 6) is 0. The van der Waals surface area contributed by atoms with Crippen LogP contribution >= 0.6 is 23.2 Å². The number of rotatable bonds is 5. The zero-order chi connectivity index (χ0) is 14.7. The molecule has 5 heteroatoms. The molecular weight excluding hydrogens is 293 g/mol. The van der Waals surface area contributed by atoms with Crippen LogP contribution in [0.5, 0.6) is 0 Å². The zero-order valence-electron chi connectivity index (χ0n) is 12.0. The molecule has 0 aliphatic heterocycles. The molecule has 20 heavy (non-hydrogen) atoms. The van der Waals surface area contributed by atoms with Crippen LogP contribution in [0.25, 0.3) is 0 Å². The lowest BCUT2D eigenvalue weighted by Gasteiger charge is -2.18. The van der Waals surface area contributed by atoms with E-state index in [1.165, 1.54) is 0 Å². The fourth-order valence-corrected chi connectivity index (χ4v) is 2.86. The third-order valence-corrected chi connectivity index (χ3v) is 4.32. The molecule has 0 saturated heterocycles. The third kappa shape index (κ3) is 3.00. The highest BCUT2D eigenvalue weighted by molar-refractivity contribution is 6.32. The van der Waals surface area contributed by atoms with Gasteiger partial charge in [-0.05, 0) is 32.5 Å². The number of aromatic nitrogens is 2. The molecule has 1 aromatic carbocycles. The monoisotopic (exact) mass is 311 g/mol. The van der Waals surface area contributed by atoms with Crippen molar-refractivity contribution in [3.05, 3.63) is 51.3 Å². The summed E-state index contributed by atoms with van der Waals surface area (Å²) in [6.07, 6.45) is 0.758. The molecular formula is C15H19Cl2N3. The van der Waals surface area contributed by atoms with Gasteiger partial charge in [-0.1, -0.05) is 41.4 Å². The molecule has 0 saturated carbocycles. The molecule has 1 aromatic heterocycles. The predicted octanol–water partition coefficient (Wildman–Crippen LogP) is 4.02. The fourth-order valence-electron chi connectivity index (χ4n) is 2.38. The lowest BCUT2D eigenvalue weighted by molar-refractivity contribution is 0.541. The van der Waals surface area contributed by atoms with Gasteiger partial charge < -0.3 is 5.32 Å². The van der Waals surface area contributed by atoms with Crippen molar-refractivity contribution in [3.8, 4) is 0 Å². The standard InChI is InChI=1S/C15H19Cl2N3/c1-4-20-14(15(17)10(2)19-20)9-13(18-3)11-7-5-6-8-12(11)16/h5-8,13,18H,4,9H2,1-3H3. The number of nitrogens with one attached hydrogen (secondary N) is 1. The third-order valence-electron chi connectivity index (χ3n) is 3.48. The van der Waals surface area contributed by atoms with Gasteiger partial charge in [0.15, 0.2) is 0 Å². The average molecular weight is 312 g/mol. The van der Waals surface area contributed by atoms with E-state index in [1.807, 2.05) is 42.9 Å². The molecule has 1 atom stereocenters. The van der Waals surface area contributed by atoms with Gasteiger partial charge in [-0.15, -0.1) is 0 Å². The molecule has 1 unspecified atom stereocenters. The van der Waals surface area contributed by atoms with E-state index in [-0.39, 0.29) is 6.04 Å². The molecule has 1 heterocycles. The summed E-state index contributed by atoms with van der Waals surface area (Å²) in [5.41, 5.74) is 3.00. The summed E-state index contributed by atoms with van der Waals surface area (Å²) >= 11 is 12.7. The van der Waals surface area contributed by atoms with Gasteiger partial charge >= 0.3 is 0 Å². The first-order chi connectivity index (χ1) is 9.58. The van der Waals surface area contributed by atoms with Gasteiger partial charge in [0.2, 0.25) is 0 Å². The van der Waals surface area contributed by atoms with Gasteiger partial charge in [0.05, 0.1) is 16.4 Å². The molecule has 0 aliphatic carbocycles. The van der Waals surface area contributed by atoms with E-state index >= 15 is 0 Å². The molecule has 0 bridgehead atoms. The lowest BCUT2D eigenvalue weighted by atomic mass is 10.0. The first kappa shape index (κ1) is 15.4. The van der Waals surface area contributed by atoms with Crippen LogP contribution in [-0.2, 0) is 13.0 Å². The van der Waals surface area contributed by atoms with Crippen molar-refractivity contribution in [2.24, 2.45) is 0 Å². The molecule has 0 amide bonds. The van der Waals surface area contributed by atoms with Crippen LogP contribution in [0.1, 0.15) is 29.9 Å². The number of halogens is 2. The number of hydrogen-bond acceptors (Lipinski definition) is 2. The number of hydrogen-bond donors (Lipinski definition) is 1. The Morgan fingerprint density at radius 1 is 1.30 bits per heavy atom. The minimum Gasteiger partial charge on any atom is -0.313 e. The minimum absolute atomic E-state index is 0.114. The Morgan fingerprint density at radius 2 is 2.00 bits per heavy atom. The second-order valence-corrected chi connectivity index (χ2v) is 5.51. The first-order valence-corrected chi connectivity index (χ1v) is 7.47. The van der Waals surface area contributed by atoms with Crippen molar-refractivity contribution in [1.82, 2.24) is 15.1 Å². The first-order valence-electron chi connectivity index (χ1n) is 6.72. The fraction of sp³-hybridized carbons (Fsp3) is 0.400. The summed E-state index contributed by atoms with van der Waals surface area (Å²) < 4.78 is 1.96. The quantitative estimate of drug-likeness (QED) is 0.903. The van der Waals surface area contributed by atoms with E-state index in [1.54, 1.807) is 0 Å². The van der Waals surface area contributed by atoms with Crippen LogP contribution < -0.4 is 5.32 Å². The van der Waals surface area contributed by atoms with E-state index in [0.717, 1.165) is 40.0 Å². The molecule has 2 rings (SSSR count). The summed E-state index contributed by atoms with van der Waals surface area (Å²) in [4.78, 5) is 0. The minimum atomic E-state index is 0.114. The van der Waals surface area contributed by atoms with Crippen molar-refractivity contribution in [3.63, 3.8) is 0 Å². The molecule has 2 aromatic rings. The Balaban J connectivity index is 2.34. The summed E-state index contributed by atoms with van der Waals surface area (Å²) in [5, 5.41) is 9.28. The van der Waals surface area contributed by atoms with Crippen LogP contribution in [0.3, 0.4) is 0 Å². The van der Waals surface area contributed by atoms with Gasteiger partial charge in [-0.2, -0.15) is 5.10 Å². The number of nitrogens with zero attached hydrogens (tertiary/aromatic N) is 2. The van der Waals surface area contributed by atoms with Gasteiger partial charge in [-0.25, -0.2) is 0 Å². The van der Waals surface area contributed by atoms with Crippen molar-refractivity contribution in [2.75, 3.05) is 7.05 Å². The maximum atomic E-state index is 6.38. The smallest absolute Gasteiger partial charge is 0.0847 e. The van der Waals surface area contributed by atoms with E-state index in [9.17, 15) is 0 Å². The second-order valence-electron chi connectivity index (χ2n) is 4.73. The Labute approximate surface area is 129 Å². The van der Waals surface area contributed by atoms with Crippen molar-refractivity contribution >= 4 is 23.2 Å². The summed E-state index contributed by atoms with van der Waals surface area (Å²) in [6, 6.07) is 7.99. The van der Waals surface area contributed by atoms with E-state index in [4.69, 9.17) is 23.2 Å². The zero-order valence-corrected chi connectivity index (χ0v) is 13.5. The molecule has 108 valence electrons. The average Bonchev–Trinajstić information content (AvgIpc) is 2.73. The maximum Gasteiger partial charge on any atom is 0.0847 e. The highest BCUT2D eigenvalue weighted by Gasteiger charge is 2.19. The second kappa shape index (κ2) is 6.61. The van der Waals surface area contributed by atoms with Gasteiger partial charge in [0, 0.05) is 24.0 Å². The summed E-state index contributed by atoms with van der Waals surface area (Å²) in [7, 11) is 1.93. The Hall–Kier alpha value is -1.03. The number of aryl methyl sites for hydroxylation is 2. The molecule has 0 radical (unpaired) electrons. The molecule has 3 nitrogen and oxygen atoms in total. The van der Waals surface area contributed by atoms with Crippen LogP contribution in [0.15, 0.2) is 24.3 Å². The Morgan fingerprint density at radius 3 is 2.60 bits per heavy atom. The normalized spacial score (nSPS) is 12.7. The van der Waals surface area contributed by atoms with Crippen LogP contribution in [-0.4, -0.2) is 16.8 Å². The highest BCUT2D eigenvalue weighted by atomic mass is 35.5. The predicted molar refractivity (Wildman–Crippen MR) is 84.6 cm³/mol. The Kier molecular flexibility index (Phi) is 5.08. The van der Waals surface area contributed by atoms with Crippen molar-refractivity contribution < 1.29 is 0 Å². The maximum absolute atomic E-state index is 6.38. The molecule has 0 aliphatic rings. The van der Waals surface area contributed by atoms with E-state index < -0.39 is 0 Å². The topological polar surface area (TPSA) is 29.9 Å². The van der Waals surface area contributed by atoms with Gasteiger partial charge in [-0.3, -0.25) is 4.68 Å².